The summed E-state index contributed by atoms with van der Waals surface area (Å²) in [5, 5.41) is 12.4. The first-order valence-electron chi connectivity index (χ1n) is 10.2. The Morgan fingerprint density at radius 2 is 1.84 bits per heavy atom. The van der Waals surface area contributed by atoms with Gasteiger partial charge in [0.15, 0.2) is 5.16 Å². The Morgan fingerprint density at radius 3 is 2.56 bits per heavy atom. The highest BCUT2D eigenvalue weighted by atomic mass is 79.9. The van der Waals surface area contributed by atoms with Crippen LogP contribution in [-0.2, 0) is 22.8 Å². The van der Waals surface area contributed by atoms with Crippen molar-refractivity contribution >= 4 is 51.0 Å². The fourth-order valence-electron chi connectivity index (χ4n) is 3.03. The summed E-state index contributed by atoms with van der Waals surface area (Å²) in [7, 11) is 0. The number of carbonyl (C=O) groups excluding carboxylic acids is 1. The summed E-state index contributed by atoms with van der Waals surface area (Å²) in [5.41, 5.74) is 5.56. The van der Waals surface area contributed by atoms with Crippen molar-refractivity contribution in [2.24, 2.45) is 0 Å². The number of hydrogen-bond acceptors (Lipinski definition) is 5. The smallest absolute Gasteiger partial charge is 0.234 e. The van der Waals surface area contributed by atoms with E-state index in [0.717, 1.165) is 43.8 Å². The maximum atomic E-state index is 12.5. The number of halogens is 1. The molecule has 1 amide bonds. The molecule has 3 aromatic rings. The van der Waals surface area contributed by atoms with Crippen molar-refractivity contribution in [3.8, 4) is 0 Å². The summed E-state index contributed by atoms with van der Waals surface area (Å²) >= 11 is 6.71. The van der Waals surface area contributed by atoms with E-state index in [4.69, 9.17) is 0 Å². The zero-order valence-electron chi connectivity index (χ0n) is 18.5. The number of aryl methyl sites for hydroxylation is 1. The molecule has 0 atom stereocenters. The van der Waals surface area contributed by atoms with Gasteiger partial charge in [0.05, 0.1) is 11.5 Å². The van der Waals surface area contributed by atoms with Crippen LogP contribution in [0.2, 0.25) is 0 Å². The topological polar surface area (TPSA) is 59.8 Å². The number of nitrogens with one attached hydrogen (secondary N) is 1. The molecule has 0 aliphatic heterocycles. The predicted molar refractivity (Wildman–Crippen MR) is 139 cm³/mol. The van der Waals surface area contributed by atoms with Crippen LogP contribution >= 0.6 is 39.5 Å². The number of benzene rings is 2. The Hall–Kier alpha value is -2.03. The largest absolute Gasteiger partial charge is 0.325 e. The van der Waals surface area contributed by atoms with Crippen molar-refractivity contribution in [3.05, 3.63) is 81.6 Å². The van der Waals surface area contributed by atoms with Gasteiger partial charge in [0.25, 0.3) is 0 Å². The first-order chi connectivity index (χ1) is 15.4. The molecular formula is C24H27BrN4OS2. The molecule has 8 heteroatoms. The zero-order valence-corrected chi connectivity index (χ0v) is 21.7. The van der Waals surface area contributed by atoms with E-state index < -0.39 is 0 Å². The van der Waals surface area contributed by atoms with Crippen molar-refractivity contribution < 1.29 is 4.79 Å². The molecule has 0 saturated carbocycles. The van der Waals surface area contributed by atoms with Gasteiger partial charge in [-0.1, -0.05) is 63.6 Å². The van der Waals surface area contributed by atoms with Crippen molar-refractivity contribution in [3.63, 3.8) is 0 Å². The number of aromatic nitrogens is 3. The highest BCUT2D eigenvalue weighted by molar-refractivity contribution is 9.10. The van der Waals surface area contributed by atoms with Crippen LogP contribution in [0.5, 0.6) is 0 Å². The van der Waals surface area contributed by atoms with Gasteiger partial charge in [-0.3, -0.25) is 4.79 Å². The number of thioether (sulfide) groups is 2. The second kappa shape index (κ2) is 11.7. The van der Waals surface area contributed by atoms with Crippen LogP contribution in [0.15, 0.2) is 58.7 Å². The molecule has 0 bridgehead atoms. The van der Waals surface area contributed by atoms with Crippen molar-refractivity contribution in [1.82, 2.24) is 14.8 Å². The van der Waals surface area contributed by atoms with Gasteiger partial charge in [0, 0.05) is 22.5 Å². The molecule has 1 aromatic heterocycles. The Bertz CT molecular complexity index is 1100. The lowest BCUT2D eigenvalue weighted by molar-refractivity contribution is -0.113. The van der Waals surface area contributed by atoms with E-state index >= 15 is 0 Å². The minimum Gasteiger partial charge on any atom is -0.325 e. The predicted octanol–water partition coefficient (Wildman–Crippen LogP) is 6.32. The van der Waals surface area contributed by atoms with Crippen LogP contribution in [0.25, 0.3) is 0 Å². The standard InChI is InChI=1S/C24H27BrN4OS2/c1-5-12-29-22(14-31-13-19-8-6-16(2)7-9-19)27-28-24(29)32-15-23(30)26-21-11-10-20(25)17(3)18(21)4/h5-11H,1,12-15H2,2-4H3,(H,26,30). The summed E-state index contributed by atoms with van der Waals surface area (Å²) in [5.74, 6) is 2.75. The second-order valence-corrected chi connectivity index (χ2v) is 10.2. The van der Waals surface area contributed by atoms with Gasteiger partial charge >= 0.3 is 0 Å². The molecule has 2 aromatic carbocycles. The minimum atomic E-state index is -0.0664. The van der Waals surface area contributed by atoms with E-state index in [1.165, 1.54) is 22.9 Å². The molecule has 5 nitrogen and oxygen atoms in total. The van der Waals surface area contributed by atoms with E-state index in [1.807, 2.05) is 36.6 Å². The fraction of sp³-hybridized carbons (Fsp3) is 0.292. The molecule has 0 spiro atoms. The lowest BCUT2D eigenvalue weighted by Gasteiger charge is -2.12. The van der Waals surface area contributed by atoms with Gasteiger partial charge in [-0.25, -0.2) is 0 Å². The van der Waals surface area contributed by atoms with Crippen LogP contribution in [0.4, 0.5) is 5.69 Å². The molecule has 0 saturated heterocycles. The molecule has 1 N–H and O–H groups in total. The normalized spacial score (nSPS) is 10.9. The number of carbonyl (C=O) groups is 1. The third-order valence-electron chi connectivity index (χ3n) is 5.05. The fourth-order valence-corrected chi connectivity index (χ4v) is 5.15. The number of rotatable bonds is 10. The first-order valence-corrected chi connectivity index (χ1v) is 13.2. The van der Waals surface area contributed by atoms with Gasteiger partial charge in [-0.05, 0) is 49.6 Å². The summed E-state index contributed by atoms with van der Waals surface area (Å²) in [6.45, 7) is 10.6. The average Bonchev–Trinajstić information content (AvgIpc) is 3.16. The number of hydrogen-bond donors (Lipinski definition) is 1. The maximum Gasteiger partial charge on any atom is 0.234 e. The van der Waals surface area contributed by atoms with E-state index in [2.05, 4.69) is 69.2 Å². The van der Waals surface area contributed by atoms with E-state index in [1.54, 1.807) is 11.8 Å². The van der Waals surface area contributed by atoms with Crippen LogP contribution in [0, 0.1) is 20.8 Å². The van der Waals surface area contributed by atoms with E-state index in [-0.39, 0.29) is 11.7 Å². The maximum absolute atomic E-state index is 12.5. The lowest BCUT2D eigenvalue weighted by Crippen LogP contribution is -2.16. The SMILES string of the molecule is C=CCn1c(CSCc2ccc(C)cc2)nnc1SCC(=O)Nc1ccc(Br)c(C)c1C. The second-order valence-electron chi connectivity index (χ2n) is 7.46. The van der Waals surface area contributed by atoms with Gasteiger partial charge in [-0.15, -0.1) is 28.5 Å². The van der Waals surface area contributed by atoms with Crippen molar-refractivity contribution in [2.45, 2.75) is 44.0 Å². The molecule has 168 valence electrons. The van der Waals surface area contributed by atoms with Crippen LogP contribution in [0.1, 0.15) is 28.1 Å². The van der Waals surface area contributed by atoms with Crippen molar-refractivity contribution in [2.75, 3.05) is 11.1 Å². The number of nitrogens with zero attached hydrogens (tertiary/aromatic N) is 3. The molecule has 32 heavy (non-hydrogen) atoms. The third-order valence-corrected chi connectivity index (χ3v) is 7.88. The molecule has 0 fully saturated rings. The summed E-state index contributed by atoms with van der Waals surface area (Å²) in [4.78, 5) is 12.5. The lowest BCUT2D eigenvalue weighted by atomic mass is 10.1. The quantitative estimate of drug-likeness (QED) is 0.245. The van der Waals surface area contributed by atoms with Crippen LogP contribution in [-0.4, -0.2) is 26.4 Å². The van der Waals surface area contributed by atoms with E-state index in [0.29, 0.717) is 6.54 Å². The van der Waals surface area contributed by atoms with Crippen LogP contribution < -0.4 is 5.32 Å². The van der Waals surface area contributed by atoms with Crippen molar-refractivity contribution in [1.29, 1.82) is 0 Å². The third kappa shape index (κ3) is 6.49. The number of anilines is 1. The molecule has 0 unspecified atom stereocenters. The first kappa shape index (κ1) is 24.6. The molecule has 3 rings (SSSR count). The summed E-state index contributed by atoms with van der Waals surface area (Å²) < 4.78 is 3.06. The van der Waals surface area contributed by atoms with Crippen LogP contribution in [0.3, 0.4) is 0 Å². The Kier molecular flexibility index (Phi) is 9.02. The Morgan fingerprint density at radius 1 is 1.09 bits per heavy atom. The van der Waals surface area contributed by atoms with Gasteiger partial charge in [0.1, 0.15) is 5.82 Å². The molecule has 0 aliphatic carbocycles. The molecular weight excluding hydrogens is 504 g/mol. The Labute approximate surface area is 206 Å². The molecule has 0 aliphatic rings. The van der Waals surface area contributed by atoms with Gasteiger partial charge in [0.2, 0.25) is 5.91 Å². The molecule has 1 heterocycles. The highest BCUT2D eigenvalue weighted by Gasteiger charge is 2.15. The summed E-state index contributed by atoms with van der Waals surface area (Å²) in [6.07, 6.45) is 1.83. The number of allylic oxidation sites excluding steroid dienone is 1. The monoisotopic (exact) mass is 530 g/mol. The Balaban J connectivity index is 1.58. The van der Waals surface area contributed by atoms with Gasteiger partial charge in [-0.2, -0.15) is 0 Å². The highest BCUT2D eigenvalue weighted by Crippen LogP contribution is 2.27. The number of amides is 1. The molecule has 0 radical (unpaired) electrons. The average molecular weight is 532 g/mol. The summed E-state index contributed by atoms with van der Waals surface area (Å²) in [6, 6.07) is 12.4. The zero-order chi connectivity index (χ0) is 23.1. The van der Waals surface area contributed by atoms with E-state index in [9.17, 15) is 4.79 Å². The minimum absolute atomic E-state index is 0.0664. The van der Waals surface area contributed by atoms with Gasteiger partial charge < -0.3 is 9.88 Å².